The molecule has 1 aliphatic carbocycles. The summed E-state index contributed by atoms with van der Waals surface area (Å²) in [4.78, 5) is 49.3. The molecule has 0 aromatic heterocycles. The van der Waals surface area contributed by atoms with Crippen molar-refractivity contribution in [3.63, 3.8) is 0 Å². The zero-order valence-electron chi connectivity index (χ0n) is 14.5. The van der Waals surface area contributed by atoms with Gasteiger partial charge in [-0.2, -0.15) is 0 Å². The predicted octanol–water partition coefficient (Wildman–Crippen LogP) is 0.969. The third-order valence-electron chi connectivity index (χ3n) is 4.73. The van der Waals surface area contributed by atoms with Crippen LogP contribution in [0.2, 0.25) is 0 Å². The molecule has 8 nitrogen and oxygen atoms in total. The van der Waals surface area contributed by atoms with Crippen molar-refractivity contribution >= 4 is 23.9 Å². The number of carbonyl (C=O) groups excluding carboxylic acids is 4. The minimum atomic E-state index is -0.893. The molecule has 134 valence electrons. The van der Waals surface area contributed by atoms with Gasteiger partial charge in [0.05, 0.1) is 0 Å². The molecule has 1 saturated carbocycles. The number of urea groups is 2. The van der Waals surface area contributed by atoms with Gasteiger partial charge in [0.15, 0.2) is 0 Å². The van der Waals surface area contributed by atoms with Crippen LogP contribution in [-0.4, -0.2) is 47.4 Å². The number of nitrogens with one attached hydrogen (secondary N) is 3. The van der Waals surface area contributed by atoms with Crippen molar-refractivity contribution in [2.75, 3.05) is 13.1 Å². The van der Waals surface area contributed by atoms with Gasteiger partial charge in [-0.25, -0.2) is 9.59 Å². The Morgan fingerprint density at radius 2 is 2.04 bits per heavy atom. The summed E-state index contributed by atoms with van der Waals surface area (Å²) in [7, 11) is 0. The number of carbonyl (C=O) groups is 4. The minimum Gasteiger partial charge on any atom is -0.338 e. The van der Waals surface area contributed by atoms with Gasteiger partial charge in [0, 0.05) is 6.54 Å². The molecule has 0 bridgehead atoms. The van der Waals surface area contributed by atoms with Crippen molar-refractivity contribution in [1.82, 2.24) is 20.9 Å². The van der Waals surface area contributed by atoms with Crippen molar-refractivity contribution in [1.29, 1.82) is 0 Å². The Bertz CT molecular complexity index is 548. The van der Waals surface area contributed by atoms with Crippen molar-refractivity contribution < 1.29 is 19.2 Å². The Kier molecular flexibility index (Phi) is 5.46. The third-order valence-corrected chi connectivity index (χ3v) is 4.73. The van der Waals surface area contributed by atoms with E-state index in [1.54, 1.807) is 0 Å². The number of rotatable bonds is 4. The standard InChI is InChI=1S/C16H26N4O4/c1-10(2)8-17-14(23)18-12(21)9-20-13(22)16(19-15(20)24)7-5-4-6-11(16)3/h10-11H,4-9H2,1-3H3,(H,19,24)(H2,17,18,21,23). The second-order valence-electron chi connectivity index (χ2n) is 7.09. The van der Waals surface area contributed by atoms with Crippen LogP contribution in [0.15, 0.2) is 0 Å². The highest BCUT2D eigenvalue weighted by molar-refractivity contribution is 6.10. The van der Waals surface area contributed by atoms with Crippen LogP contribution >= 0.6 is 0 Å². The van der Waals surface area contributed by atoms with Crippen molar-refractivity contribution in [3.05, 3.63) is 0 Å². The number of nitrogens with zero attached hydrogens (tertiary/aromatic N) is 1. The highest BCUT2D eigenvalue weighted by Crippen LogP contribution is 2.38. The van der Waals surface area contributed by atoms with E-state index in [4.69, 9.17) is 0 Å². The van der Waals surface area contributed by atoms with Crippen LogP contribution in [0, 0.1) is 11.8 Å². The van der Waals surface area contributed by atoms with E-state index >= 15 is 0 Å². The molecule has 2 fully saturated rings. The largest absolute Gasteiger partial charge is 0.338 e. The summed E-state index contributed by atoms with van der Waals surface area (Å²) >= 11 is 0. The lowest BCUT2D eigenvalue weighted by Crippen LogP contribution is -2.54. The van der Waals surface area contributed by atoms with Gasteiger partial charge in [0.2, 0.25) is 5.91 Å². The summed E-state index contributed by atoms with van der Waals surface area (Å²) in [5.74, 6) is -0.757. The van der Waals surface area contributed by atoms with E-state index in [0.29, 0.717) is 13.0 Å². The van der Waals surface area contributed by atoms with Gasteiger partial charge in [-0.15, -0.1) is 0 Å². The van der Waals surface area contributed by atoms with Crippen LogP contribution in [0.4, 0.5) is 9.59 Å². The predicted molar refractivity (Wildman–Crippen MR) is 87.0 cm³/mol. The average molecular weight is 338 g/mol. The summed E-state index contributed by atoms with van der Waals surface area (Å²) in [5, 5.41) is 7.47. The summed E-state index contributed by atoms with van der Waals surface area (Å²) in [5.41, 5.74) is -0.893. The van der Waals surface area contributed by atoms with Crippen LogP contribution in [0.25, 0.3) is 0 Å². The molecule has 24 heavy (non-hydrogen) atoms. The van der Waals surface area contributed by atoms with E-state index in [-0.39, 0.29) is 17.7 Å². The maximum atomic E-state index is 12.7. The average Bonchev–Trinajstić information content (AvgIpc) is 2.73. The first-order valence-corrected chi connectivity index (χ1v) is 8.48. The SMILES string of the molecule is CC(C)CNC(=O)NC(=O)CN1C(=O)NC2(CCCCC2C)C1=O. The normalized spacial score (nSPS) is 26.7. The molecule has 3 N–H and O–H groups in total. The monoisotopic (exact) mass is 338 g/mol. The number of amides is 6. The molecule has 1 spiro atoms. The molecule has 2 aliphatic rings. The molecular formula is C16H26N4O4. The Morgan fingerprint density at radius 3 is 2.67 bits per heavy atom. The zero-order valence-corrected chi connectivity index (χ0v) is 14.5. The molecular weight excluding hydrogens is 312 g/mol. The number of hydrogen-bond acceptors (Lipinski definition) is 4. The van der Waals surface area contributed by atoms with Crippen LogP contribution < -0.4 is 16.0 Å². The van der Waals surface area contributed by atoms with E-state index in [1.165, 1.54) is 0 Å². The van der Waals surface area contributed by atoms with E-state index in [9.17, 15) is 19.2 Å². The Hall–Kier alpha value is -2.12. The van der Waals surface area contributed by atoms with Crippen molar-refractivity contribution in [2.45, 2.75) is 52.0 Å². The zero-order chi connectivity index (χ0) is 17.9. The van der Waals surface area contributed by atoms with Crippen LogP contribution in [0.1, 0.15) is 46.5 Å². The second kappa shape index (κ2) is 7.19. The molecule has 0 aromatic rings. The van der Waals surface area contributed by atoms with Crippen molar-refractivity contribution in [3.8, 4) is 0 Å². The quantitative estimate of drug-likeness (QED) is 0.664. The lowest BCUT2D eigenvalue weighted by atomic mass is 9.73. The van der Waals surface area contributed by atoms with Gasteiger partial charge in [0.25, 0.3) is 5.91 Å². The van der Waals surface area contributed by atoms with Crippen LogP contribution in [-0.2, 0) is 9.59 Å². The molecule has 8 heteroatoms. The van der Waals surface area contributed by atoms with E-state index < -0.39 is 30.1 Å². The van der Waals surface area contributed by atoms with Gasteiger partial charge in [-0.05, 0) is 24.7 Å². The van der Waals surface area contributed by atoms with Gasteiger partial charge in [-0.1, -0.05) is 33.6 Å². The van der Waals surface area contributed by atoms with E-state index in [2.05, 4.69) is 16.0 Å². The third kappa shape index (κ3) is 3.68. The molecule has 2 atom stereocenters. The maximum Gasteiger partial charge on any atom is 0.325 e. The van der Waals surface area contributed by atoms with Crippen LogP contribution in [0.3, 0.4) is 0 Å². The highest BCUT2D eigenvalue weighted by atomic mass is 16.2. The summed E-state index contributed by atoms with van der Waals surface area (Å²) < 4.78 is 0. The lowest BCUT2D eigenvalue weighted by molar-refractivity contribution is -0.137. The molecule has 6 amide bonds. The molecule has 2 unspecified atom stereocenters. The van der Waals surface area contributed by atoms with Gasteiger partial charge in [0.1, 0.15) is 12.1 Å². The maximum absolute atomic E-state index is 12.7. The molecule has 1 saturated heterocycles. The first kappa shape index (κ1) is 18.2. The molecule has 1 aliphatic heterocycles. The van der Waals surface area contributed by atoms with Gasteiger partial charge < -0.3 is 10.6 Å². The molecule has 0 aromatic carbocycles. The van der Waals surface area contributed by atoms with Gasteiger partial charge in [-0.3, -0.25) is 19.8 Å². The fourth-order valence-corrected chi connectivity index (χ4v) is 3.29. The first-order chi connectivity index (χ1) is 11.3. The van der Waals surface area contributed by atoms with E-state index in [1.807, 2.05) is 20.8 Å². The topological polar surface area (TPSA) is 108 Å². The summed E-state index contributed by atoms with van der Waals surface area (Å²) in [6.45, 7) is 5.79. The second-order valence-corrected chi connectivity index (χ2v) is 7.09. The summed E-state index contributed by atoms with van der Waals surface area (Å²) in [6.07, 6.45) is 3.35. The number of hydrogen-bond donors (Lipinski definition) is 3. The Morgan fingerprint density at radius 1 is 1.33 bits per heavy atom. The van der Waals surface area contributed by atoms with Crippen LogP contribution in [0.5, 0.6) is 0 Å². The summed E-state index contributed by atoms with van der Waals surface area (Å²) in [6, 6.07) is -1.19. The first-order valence-electron chi connectivity index (χ1n) is 8.48. The Labute approximate surface area is 141 Å². The van der Waals surface area contributed by atoms with E-state index in [0.717, 1.165) is 24.2 Å². The lowest BCUT2D eigenvalue weighted by Gasteiger charge is -2.36. The smallest absolute Gasteiger partial charge is 0.325 e. The minimum absolute atomic E-state index is 0.0325. The highest BCUT2D eigenvalue weighted by Gasteiger charge is 2.55. The fraction of sp³-hybridized carbons (Fsp3) is 0.750. The Balaban J connectivity index is 1.95. The van der Waals surface area contributed by atoms with Gasteiger partial charge >= 0.3 is 12.1 Å². The molecule has 2 rings (SSSR count). The molecule has 1 heterocycles. The number of imide groups is 2. The fourth-order valence-electron chi connectivity index (χ4n) is 3.29. The van der Waals surface area contributed by atoms with Crippen molar-refractivity contribution in [2.24, 2.45) is 11.8 Å². The molecule has 0 radical (unpaired) electrons.